The molecule has 2 N–H and O–H groups in total. The third-order valence-electron chi connectivity index (χ3n) is 2.48. The van der Waals surface area contributed by atoms with Gasteiger partial charge in [0.25, 0.3) is 5.91 Å². The number of nitrogens with zero attached hydrogens (tertiary/aromatic N) is 1. The van der Waals surface area contributed by atoms with Crippen LogP contribution in [0.2, 0.25) is 0 Å². The van der Waals surface area contributed by atoms with Gasteiger partial charge in [-0.15, -0.1) is 22.7 Å². The Hall–Kier alpha value is -1.92. The molecule has 0 aromatic carbocycles. The zero-order chi connectivity index (χ0) is 16.0. The van der Waals surface area contributed by atoms with Gasteiger partial charge in [-0.05, 0) is 6.92 Å². The van der Waals surface area contributed by atoms with Gasteiger partial charge in [-0.3, -0.25) is 4.79 Å². The smallest absolute Gasteiger partial charge is 0.257 e. The van der Waals surface area contributed by atoms with E-state index < -0.39 is 0 Å². The van der Waals surface area contributed by atoms with E-state index in [1.807, 2.05) is 31.5 Å². The summed E-state index contributed by atoms with van der Waals surface area (Å²) in [6, 6.07) is 0. The van der Waals surface area contributed by atoms with Crippen LogP contribution in [0.3, 0.4) is 0 Å². The normalized spacial score (nSPS) is 9.48. The molecule has 2 aromatic heterocycles. The number of thiazole rings is 1. The lowest BCUT2D eigenvalue weighted by Gasteiger charge is -2.08. The molecule has 0 aliphatic carbocycles. The first-order valence-corrected chi connectivity index (χ1v) is 8.13. The monoisotopic (exact) mass is 322 g/mol. The average molecular weight is 322 g/mol. The Morgan fingerprint density at radius 3 is 2.52 bits per heavy atom. The molecule has 0 saturated carbocycles. The number of aliphatic hydroxyl groups excluding tert-OH is 1. The van der Waals surface area contributed by atoms with Crippen molar-refractivity contribution >= 4 is 28.6 Å². The lowest BCUT2D eigenvalue weighted by atomic mass is 10.1. The molecule has 2 aromatic rings. The van der Waals surface area contributed by atoms with Crippen LogP contribution in [0.1, 0.15) is 29.1 Å². The first-order valence-electron chi connectivity index (χ1n) is 6.37. The summed E-state index contributed by atoms with van der Waals surface area (Å²) < 4.78 is 0. The van der Waals surface area contributed by atoms with E-state index >= 15 is 0 Å². The molecule has 21 heavy (non-hydrogen) atoms. The van der Waals surface area contributed by atoms with E-state index in [9.17, 15) is 9.90 Å². The van der Waals surface area contributed by atoms with Gasteiger partial charge >= 0.3 is 0 Å². The summed E-state index contributed by atoms with van der Waals surface area (Å²) in [5.74, 6) is -0.568. The lowest BCUT2D eigenvalue weighted by Crippen LogP contribution is -2.23. The first kappa shape index (κ1) is 17.1. The van der Waals surface area contributed by atoms with Crippen LogP contribution in [-0.2, 0) is 0 Å². The van der Waals surface area contributed by atoms with Gasteiger partial charge in [-0.2, -0.15) is 0 Å². The summed E-state index contributed by atoms with van der Waals surface area (Å²) in [5, 5.41) is 16.3. The molecule has 112 valence electrons. The van der Waals surface area contributed by atoms with Crippen molar-refractivity contribution in [2.45, 2.75) is 20.8 Å². The number of amides is 1. The second-order valence-electron chi connectivity index (χ2n) is 3.80. The van der Waals surface area contributed by atoms with Crippen LogP contribution in [0.15, 0.2) is 41.6 Å². The van der Waals surface area contributed by atoms with Crippen molar-refractivity contribution in [1.82, 2.24) is 10.3 Å². The Morgan fingerprint density at radius 2 is 2.00 bits per heavy atom. The molecule has 0 fully saturated rings. The highest BCUT2D eigenvalue weighted by atomic mass is 32.1. The van der Waals surface area contributed by atoms with Crippen LogP contribution in [0.4, 0.5) is 0 Å². The molecule has 0 saturated heterocycles. The minimum Gasteiger partial charge on any atom is -0.506 e. The minimum absolute atomic E-state index is 0.0979. The number of aromatic nitrogens is 1. The van der Waals surface area contributed by atoms with E-state index in [-0.39, 0.29) is 17.4 Å². The molecule has 2 rings (SSSR count). The van der Waals surface area contributed by atoms with E-state index in [2.05, 4.69) is 23.5 Å². The summed E-state index contributed by atoms with van der Waals surface area (Å²) in [5.41, 5.74) is 1.45. The summed E-state index contributed by atoms with van der Waals surface area (Å²) in [4.78, 5) is 17.3. The molecular formula is C15H18N2O2S2. The number of rotatable bonds is 4. The molecule has 0 aliphatic rings. The van der Waals surface area contributed by atoms with Crippen molar-refractivity contribution in [3.05, 3.63) is 52.0 Å². The van der Waals surface area contributed by atoms with Crippen molar-refractivity contribution in [2.24, 2.45) is 0 Å². The second-order valence-corrected chi connectivity index (χ2v) is 5.78. The molecule has 0 spiro atoms. The molecule has 0 atom stereocenters. The fourth-order valence-corrected chi connectivity index (χ4v) is 3.10. The van der Waals surface area contributed by atoms with Crippen LogP contribution in [-0.4, -0.2) is 16.0 Å². The topological polar surface area (TPSA) is 62.2 Å². The van der Waals surface area contributed by atoms with Gasteiger partial charge in [-0.1, -0.05) is 27.0 Å². The highest BCUT2D eigenvalue weighted by Crippen LogP contribution is 2.32. The Morgan fingerprint density at radius 1 is 1.33 bits per heavy atom. The van der Waals surface area contributed by atoms with E-state index in [0.717, 1.165) is 15.4 Å². The Kier molecular flexibility index (Phi) is 6.33. The number of carbonyl (C=O) groups excluding carboxylic acids is 1. The van der Waals surface area contributed by atoms with E-state index in [1.54, 1.807) is 6.20 Å². The number of hydrogen-bond donors (Lipinski definition) is 2. The third-order valence-corrected chi connectivity index (χ3v) is 4.20. The molecule has 0 radical (unpaired) electrons. The number of aliphatic hydroxyl groups is 1. The highest BCUT2D eigenvalue weighted by molar-refractivity contribution is 7.14. The average Bonchev–Trinajstić information content (AvgIpc) is 3.09. The number of nitrogens with one attached hydrogen (secondary N) is 1. The molecule has 6 heteroatoms. The van der Waals surface area contributed by atoms with Crippen LogP contribution in [0.25, 0.3) is 10.6 Å². The molecule has 0 unspecified atom stereocenters. The summed E-state index contributed by atoms with van der Waals surface area (Å²) >= 11 is 2.96. The summed E-state index contributed by atoms with van der Waals surface area (Å²) in [6.45, 7) is 12.7. The Balaban J connectivity index is 0.00000106. The largest absolute Gasteiger partial charge is 0.506 e. The zero-order valence-electron chi connectivity index (χ0n) is 12.3. The van der Waals surface area contributed by atoms with Crippen LogP contribution < -0.4 is 5.32 Å². The number of carbonyl (C=O) groups is 1. The molecule has 1 amide bonds. The van der Waals surface area contributed by atoms with Crippen LogP contribution >= 0.6 is 22.7 Å². The van der Waals surface area contributed by atoms with Crippen LogP contribution in [0, 0.1) is 6.92 Å². The van der Waals surface area contributed by atoms with Crippen molar-refractivity contribution in [1.29, 1.82) is 0 Å². The van der Waals surface area contributed by atoms with Gasteiger partial charge in [-0.25, -0.2) is 4.98 Å². The Bertz CT molecular complexity index is 643. The number of hydrogen-bond acceptors (Lipinski definition) is 5. The van der Waals surface area contributed by atoms with Gasteiger partial charge in [0.1, 0.15) is 10.8 Å². The first-order chi connectivity index (χ1) is 10.0. The van der Waals surface area contributed by atoms with Crippen LogP contribution in [0.5, 0.6) is 0 Å². The SMILES string of the molecule is C=C(O)C(=C)NC(=O)c1c(-c2nccs2)csc1C.CC. The third kappa shape index (κ3) is 4.03. The minimum atomic E-state index is -0.316. The fraction of sp³-hybridized carbons (Fsp3) is 0.200. The van der Waals surface area contributed by atoms with Crippen molar-refractivity contribution in [2.75, 3.05) is 0 Å². The highest BCUT2D eigenvalue weighted by Gasteiger charge is 2.20. The zero-order valence-corrected chi connectivity index (χ0v) is 13.9. The number of thiophene rings is 1. The van der Waals surface area contributed by atoms with Crippen molar-refractivity contribution < 1.29 is 9.90 Å². The molecule has 0 aliphatic heterocycles. The van der Waals surface area contributed by atoms with Gasteiger partial charge in [0, 0.05) is 27.4 Å². The molecule has 0 bridgehead atoms. The van der Waals surface area contributed by atoms with Crippen molar-refractivity contribution in [3.63, 3.8) is 0 Å². The Labute approximate surface area is 132 Å². The van der Waals surface area contributed by atoms with E-state index in [0.29, 0.717) is 5.56 Å². The maximum absolute atomic E-state index is 12.2. The maximum Gasteiger partial charge on any atom is 0.257 e. The van der Waals surface area contributed by atoms with Gasteiger partial charge in [0.2, 0.25) is 0 Å². The summed E-state index contributed by atoms with van der Waals surface area (Å²) in [6.07, 6.45) is 1.70. The quantitative estimate of drug-likeness (QED) is 0.642. The lowest BCUT2D eigenvalue weighted by molar-refractivity contribution is 0.0965. The van der Waals surface area contributed by atoms with E-state index in [1.165, 1.54) is 22.7 Å². The maximum atomic E-state index is 12.2. The fourth-order valence-electron chi connectivity index (χ4n) is 1.52. The molecule has 2 heterocycles. The molecular weight excluding hydrogens is 304 g/mol. The van der Waals surface area contributed by atoms with Gasteiger partial charge in [0.15, 0.2) is 0 Å². The second kappa shape index (κ2) is 7.75. The number of aryl methyl sites for hydroxylation is 1. The van der Waals surface area contributed by atoms with E-state index in [4.69, 9.17) is 0 Å². The predicted molar refractivity (Wildman–Crippen MR) is 89.9 cm³/mol. The standard InChI is InChI=1S/C13H12N2O2S2.C2H6/c1-7(8(2)16)15-12(17)11-9(3)19-6-10(11)13-14-4-5-18-13;1-2/h4-6,16H,1-2H2,3H3,(H,15,17);1-2H3. The summed E-state index contributed by atoms with van der Waals surface area (Å²) in [7, 11) is 0. The molecule has 4 nitrogen and oxygen atoms in total. The van der Waals surface area contributed by atoms with Gasteiger partial charge in [0.05, 0.1) is 11.3 Å². The van der Waals surface area contributed by atoms with Crippen molar-refractivity contribution in [3.8, 4) is 10.6 Å². The predicted octanol–water partition coefficient (Wildman–Crippen LogP) is 4.52. The van der Waals surface area contributed by atoms with Gasteiger partial charge < -0.3 is 10.4 Å².